The second-order valence-electron chi connectivity index (χ2n) is 5.90. The Hall–Kier alpha value is -0.450. The summed E-state index contributed by atoms with van der Waals surface area (Å²) in [4.78, 5) is 2.48. The van der Waals surface area contributed by atoms with Crippen molar-refractivity contribution in [3.63, 3.8) is 0 Å². The van der Waals surface area contributed by atoms with Crippen LogP contribution < -0.4 is 0 Å². The third-order valence-electron chi connectivity index (χ3n) is 4.53. The molecule has 2 heterocycles. The second-order valence-corrected chi connectivity index (χ2v) is 6.69. The van der Waals surface area contributed by atoms with Gasteiger partial charge in [0.2, 0.25) is 0 Å². The minimum atomic E-state index is -0.679. The normalized spacial score (nSPS) is 31.4. The van der Waals surface area contributed by atoms with E-state index in [0.29, 0.717) is 16.9 Å². The minimum absolute atomic E-state index is 0.251. The first kappa shape index (κ1) is 13.5. The molecule has 0 aliphatic carbocycles. The predicted molar refractivity (Wildman–Crippen MR) is 76.6 cm³/mol. The molecule has 2 aliphatic heterocycles. The van der Waals surface area contributed by atoms with Crippen molar-refractivity contribution >= 4 is 15.9 Å². The number of piperidine rings is 1. The van der Waals surface area contributed by atoms with Gasteiger partial charge in [0.1, 0.15) is 5.82 Å². The lowest BCUT2D eigenvalue weighted by Gasteiger charge is -2.41. The van der Waals surface area contributed by atoms with Gasteiger partial charge >= 0.3 is 0 Å². The Kier molecular flexibility index (Phi) is 3.67. The van der Waals surface area contributed by atoms with Crippen LogP contribution in [0.15, 0.2) is 22.7 Å². The van der Waals surface area contributed by atoms with Gasteiger partial charge in [0.25, 0.3) is 0 Å². The fourth-order valence-electron chi connectivity index (χ4n) is 3.51. The molecule has 3 rings (SSSR count). The van der Waals surface area contributed by atoms with Gasteiger partial charge in [-0.2, -0.15) is 0 Å². The van der Waals surface area contributed by atoms with E-state index in [1.54, 1.807) is 6.07 Å². The summed E-state index contributed by atoms with van der Waals surface area (Å²) >= 11 is 3.29. The molecule has 1 aromatic rings. The highest BCUT2D eigenvalue weighted by Crippen LogP contribution is 2.36. The largest absolute Gasteiger partial charge is 0.389 e. The van der Waals surface area contributed by atoms with Gasteiger partial charge in [0, 0.05) is 19.0 Å². The lowest BCUT2D eigenvalue weighted by atomic mass is 9.82. The summed E-state index contributed by atoms with van der Waals surface area (Å²) < 4.78 is 14.0. The molecular formula is C15H19BrFNO. The van der Waals surface area contributed by atoms with E-state index in [-0.39, 0.29) is 5.82 Å². The van der Waals surface area contributed by atoms with E-state index in [0.717, 1.165) is 24.9 Å². The fraction of sp³-hybridized carbons (Fsp3) is 0.600. The molecule has 2 aliphatic rings. The average Bonchev–Trinajstić information content (AvgIpc) is 2.82. The van der Waals surface area contributed by atoms with Crippen molar-refractivity contribution in [3.8, 4) is 0 Å². The first-order valence-corrected chi connectivity index (χ1v) is 7.76. The van der Waals surface area contributed by atoms with Crippen molar-refractivity contribution in [1.82, 2.24) is 4.90 Å². The summed E-state index contributed by atoms with van der Waals surface area (Å²) in [6.07, 6.45) is 4.56. The number of hydrogen-bond donors (Lipinski definition) is 1. The van der Waals surface area contributed by atoms with Crippen molar-refractivity contribution in [1.29, 1.82) is 0 Å². The van der Waals surface area contributed by atoms with Crippen LogP contribution in [0.4, 0.5) is 4.39 Å². The minimum Gasteiger partial charge on any atom is -0.389 e. The fourth-order valence-corrected chi connectivity index (χ4v) is 3.92. The van der Waals surface area contributed by atoms with Crippen LogP contribution in [0.1, 0.15) is 31.2 Å². The number of nitrogens with zero attached hydrogens (tertiary/aromatic N) is 1. The summed E-state index contributed by atoms with van der Waals surface area (Å²) in [7, 11) is 0. The molecule has 0 amide bonds. The van der Waals surface area contributed by atoms with Crippen LogP contribution in [0.3, 0.4) is 0 Å². The van der Waals surface area contributed by atoms with Gasteiger partial charge in [-0.1, -0.05) is 12.1 Å². The summed E-state index contributed by atoms with van der Waals surface area (Å²) in [6, 6.07) is 5.57. The van der Waals surface area contributed by atoms with Crippen molar-refractivity contribution in [2.45, 2.75) is 43.7 Å². The Morgan fingerprint density at radius 2 is 2.26 bits per heavy atom. The average molecular weight is 328 g/mol. The van der Waals surface area contributed by atoms with Gasteiger partial charge in [-0.05, 0) is 59.8 Å². The van der Waals surface area contributed by atoms with Crippen LogP contribution in [-0.2, 0) is 6.42 Å². The molecule has 2 saturated heterocycles. The highest BCUT2D eigenvalue weighted by atomic mass is 79.9. The monoisotopic (exact) mass is 327 g/mol. The van der Waals surface area contributed by atoms with Crippen LogP contribution in [0.2, 0.25) is 0 Å². The lowest BCUT2D eigenvalue weighted by Crippen LogP contribution is -2.48. The molecule has 104 valence electrons. The second kappa shape index (κ2) is 5.15. The molecule has 0 spiro atoms. The molecule has 2 nitrogen and oxygen atoms in total. The molecule has 19 heavy (non-hydrogen) atoms. The third kappa shape index (κ3) is 2.71. The highest BCUT2D eigenvalue weighted by Gasteiger charge is 2.40. The molecule has 2 fully saturated rings. The zero-order chi connectivity index (χ0) is 13.5. The molecule has 0 saturated carbocycles. The van der Waals surface area contributed by atoms with Gasteiger partial charge < -0.3 is 10.0 Å². The number of benzene rings is 1. The van der Waals surface area contributed by atoms with Gasteiger partial charge in [0.05, 0.1) is 10.1 Å². The van der Waals surface area contributed by atoms with Crippen LogP contribution in [0, 0.1) is 5.82 Å². The molecule has 2 atom stereocenters. The van der Waals surface area contributed by atoms with Crippen molar-refractivity contribution in [2.24, 2.45) is 0 Å². The van der Waals surface area contributed by atoms with Gasteiger partial charge in [-0.25, -0.2) is 4.39 Å². The van der Waals surface area contributed by atoms with E-state index in [1.807, 2.05) is 6.07 Å². The SMILES string of the molecule is OC1(Cc2cccc(F)c2Br)CCN2CCCC2C1. The quantitative estimate of drug-likeness (QED) is 0.902. The molecule has 0 aromatic heterocycles. The Morgan fingerprint density at radius 3 is 3.11 bits per heavy atom. The topological polar surface area (TPSA) is 23.5 Å². The first-order chi connectivity index (χ1) is 9.07. The Morgan fingerprint density at radius 1 is 1.42 bits per heavy atom. The van der Waals surface area contributed by atoms with E-state index < -0.39 is 5.60 Å². The van der Waals surface area contributed by atoms with Crippen molar-refractivity contribution in [3.05, 3.63) is 34.1 Å². The zero-order valence-corrected chi connectivity index (χ0v) is 12.5. The summed E-state index contributed by atoms with van der Waals surface area (Å²) in [5.74, 6) is -0.251. The molecule has 0 bridgehead atoms. The molecule has 2 unspecified atom stereocenters. The van der Waals surface area contributed by atoms with Gasteiger partial charge in [-0.3, -0.25) is 0 Å². The zero-order valence-electron chi connectivity index (χ0n) is 10.9. The summed E-state index contributed by atoms with van der Waals surface area (Å²) in [6.45, 7) is 2.14. The molecule has 4 heteroatoms. The number of aliphatic hydroxyl groups is 1. The Bertz CT molecular complexity index is 481. The standard InChI is InChI=1S/C15H19BrFNO/c16-14-11(3-1-5-13(14)17)9-15(19)6-8-18-7-2-4-12(18)10-15/h1,3,5,12,19H,2,4,6-10H2. The van der Waals surface area contributed by atoms with Crippen LogP contribution >= 0.6 is 15.9 Å². The number of halogens is 2. The first-order valence-electron chi connectivity index (χ1n) is 6.97. The highest BCUT2D eigenvalue weighted by molar-refractivity contribution is 9.10. The van der Waals surface area contributed by atoms with E-state index in [9.17, 15) is 9.50 Å². The van der Waals surface area contributed by atoms with E-state index in [2.05, 4.69) is 20.8 Å². The number of hydrogen-bond acceptors (Lipinski definition) is 2. The number of rotatable bonds is 2. The van der Waals surface area contributed by atoms with Crippen molar-refractivity contribution < 1.29 is 9.50 Å². The van der Waals surface area contributed by atoms with Gasteiger partial charge in [0.15, 0.2) is 0 Å². The molecule has 0 radical (unpaired) electrons. The molecular weight excluding hydrogens is 309 g/mol. The predicted octanol–water partition coefficient (Wildman–Crippen LogP) is 3.12. The Labute approximate surface area is 121 Å². The summed E-state index contributed by atoms with van der Waals surface area (Å²) in [5, 5.41) is 10.8. The molecule has 1 aromatic carbocycles. The van der Waals surface area contributed by atoms with Crippen molar-refractivity contribution in [2.75, 3.05) is 13.1 Å². The maximum Gasteiger partial charge on any atom is 0.137 e. The third-order valence-corrected chi connectivity index (χ3v) is 5.42. The van der Waals surface area contributed by atoms with E-state index in [4.69, 9.17) is 0 Å². The number of fused-ring (bicyclic) bond motifs is 1. The lowest BCUT2D eigenvalue weighted by molar-refractivity contribution is -0.0355. The maximum absolute atomic E-state index is 13.5. The Balaban J connectivity index is 1.76. The van der Waals surface area contributed by atoms with Gasteiger partial charge in [-0.15, -0.1) is 0 Å². The summed E-state index contributed by atoms with van der Waals surface area (Å²) in [5.41, 5.74) is 0.191. The van der Waals surface area contributed by atoms with E-state index in [1.165, 1.54) is 25.5 Å². The van der Waals surface area contributed by atoms with Crippen LogP contribution in [-0.4, -0.2) is 34.7 Å². The van der Waals surface area contributed by atoms with E-state index >= 15 is 0 Å². The smallest absolute Gasteiger partial charge is 0.137 e. The molecule has 1 N–H and O–H groups in total. The van der Waals surface area contributed by atoms with Crippen LogP contribution in [0.5, 0.6) is 0 Å². The maximum atomic E-state index is 13.5. The van der Waals surface area contributed by atoms with Crippen LogP contribution in [0.25, 0.3) is 0 Å².